The molecule has 0 radical (unpaired) electrons. The van der Waals surface area contributed by atoms with E-state index in [1.165, 1.54) is 88.0 Å². The molecule has 65 heavy (non-hydrogen) atoms. The van der Waals surface area contributed by atoms with Crippen molar-refractivity contribution in [2.75, 3.05) is 4.90 Å². The molecule has 1 aliphatic rings. The zero-order valence-corrected chi connectivity index (χ0v) is 36.6. The van der Waals surface area contributed by atoms with Crippen LogP contribution in [0.25, 0.3) is 54.6 Å². The molecule has 0 fully saturated rings. The van der Waals surface area contributed by atoms with Crippen molar-refractivity contribution in [1.82, 2.24) is 0 Å². The van der Waals surface area contributed by atoms with E-state index in [0.29, 0.717) is 0 Å². The Morgan fingerprint density at radius 2 is 0.815 bits per heavy atom. The molecule has 0 aliphatic heterocycles. The molecule has 0 atom stereocenters. The third-order valence-electron chi connectivity index (χ3n) is 14.2. The van der Waals surface area contributed by atoms with E-state index >= 15 is 0 Å². The molecule has 0 aromatic heterocycles. The quantitative estimate of drug-likeness (QED) is 0.138. The summed E-state index contributed by atoms with van der Waals surface area (Å²) in [4.78, 5) is 2.44. The SMILES string of the molecule is CC(C)(c1ccc(N(c2ccc(-c3ccccc3)cc2)c2ccc3c(c2)C(c2ccccc2)(c2ccccc2)c2ccc4ccccc4c2-3)cc1)c1ccc2ccc3ccccc3c2c1. The van der Waals surface area contributed by atoms with Crippen LogP contribution in [0.15, 0.2) is 249 Å². The number of rotatable bonds is 8. The van der Waals surface area contributed by atoms with Crippen LogP contribution in [0.4, 0.5) is 17.1 Å². The molecular weight excluding hydrogens is 783 g/mol. The maximum absolute atomic E-state index is 2.48. The standard InChI is InChI=1S/C64H47N/c1-63(2,52-32-28-48-27-26-46-18-12-14-24-56(46)59(48)42-52)49-33-37-54(38-34-49)65(53-35-29-45(30-36-53)44-16-6-3-7-17-44)55-39-40-58-61(43-55)64(50-20-8-4-9-21-50,51-22-10-5-11-23-51)60-41-31-47-19-13-15-25-57(47)62(58)60/h3-43H,1-2H3. The number of nitrogens with zero attached hydrogens (tertiary/aromatic N) is 1. The third-order valence-corrected chi connectivity index (χ3v) is 14.2. The Labute approximate surface area is 381 Å². The fraction of sp³-hybridized carbons (Fsp3) is 0.0625. The van der Waals surface area contributed by atoms with Gasteiger partial charge in [-0.25, -0.2) is 0 Å². The minimum atomic E-state index is -0.547. The number of benzene rings is 11. The Balaban J connectivity index is 1.04. The molecule has 11 aromatic rings. The predicted octanol–water partition coefficient (Wildman–Crippen LogP) is 17.0. The molecule has 0 amide bonds. The highest BCUT2D eigenvalue weighted by atomic mass is 15.1. The number of hydrogen-bond donors (Lipinski definition) is 0. The van der Waals surface area contributed by atoms with Crippen LogP contribution in [-0.2, 0) is 10.8 Å². The summed E-state index contributed by atoms with van der Waals surface area (Å²) in [5, 5.41) is 7.65. The average Bonchev–Trinajstić information content (AvgIpc) is 3.68. The lowest BCUT2D eigenvalue weighted by Crippen LogP contribution is -2.28. The van der Waals surface area contributed by atoms with Crippen LogP contribution in [0, 0.1) is 0 Å². The Hall–Kier alpha value is -8.00. The summed E-state index contributed by atoms with van der Waals surface area (Å²) < 4.78 is 0. The molecule has 0 spiro atoms. The van der Waals surface area contributed by atoms with E-state index in [1.54, 1.807) is 0 Å². The zero-order valence-electron chi connectivity index (χ0n) is 36.6. The van der Waals surface area contributed by atoms with Crippen LogP contribution < -0.4 is 4.90 Å². The summed E-state index contributed by atoms with van der Waals surface area (Å²) >= 11 is 0. The van der Waals surface area contributed by atoms with E-state index in [4.69, 9.17) is 0 Å². The van der Waals surface area contributed by atoms with E-state index < -0.39 is 5.41 Å². The summed E-state index contributed by atoms with van der Waals surface area (Å²) in [7, 11) is 0. The van der Waals surface area contributed by atoms with Gasteiger partial charge in [0.2, 0.25) is 0 Å². The molecule has 1 nitrogen and oxygen atoms in total. The first-order valence-electron chi connectivity index (χ1n) is 22.7. The largest absolute Gasteiger partial charge is 0.310 e. The fourth-order valence-electron chi connectivity index (χ4n) is 10.8. The van der Waals surface area contributed by atoms with Gasteiger partial charge < -0.3 is 4.90 Å². The van der Waals surface area contributed by atoms with Crippen molar-refractivity contribution in [3.63, 3.8) is 0 Å². The molecular formula is C64H47N. The molecule has 308 valence electrons. The van der Waals surface area contributed by atoms with Crippen molar-refractivity contribution in [1.29, 1.82) is 0 Å². The maximum atomic E-state index is 2.48. The highest BCUT2D eigenvalue weighted by Crippen LogP contribution is 2.59. The second kappa shape index (κ2) is 15.4. The fourth-order valence-corrected chi connectivity index (χ4v) is 10.8. The topological polar surface area (TPSA) is 3.24 Å². The summed E-state index contributed by atoms with van der Waals surface area (Å²) in [5.41, 5.74) is 15.2. The number of hydrogen-bond acceptors (Lipinski definition) is 1. The molecule has 0 heterocycles. The Bertz CT molecular complexity index is 3490. The van der Waals surface area contributed by atoms with Crippen molar-refractivity contribution in [3.05, 3.63) is 282 Å². The lowest BCUT2D eigenvalue weighted by atomic mass is 9.67. The minimum absolute atomic E-state index is 0.237. The molecule has 0 unspecified atom stereocenters. The Morgan fingerprint density at radius 3 is 1.48 bits per heavy atom. The summed E-state index contributed by atoms with van der Waals surface area (Å²) in [6, 6.07) is 92.2. The van der Waals surface area contributed by atoms with E-state index in [-0.39, 0.29) is 5.41 Å². The van der Waals surface area contributed by atoms with Crippen molar-refractivity contribution in [2.45, 2.75) is 24.7 Å². The molecule has 0 saturated heterocycles. The van der Waals surface area contributed by atoms with Crippen LogP contribution in [0.1, 0.15) is 47.2 Å². The Kier molecular flexibility index (Phi) is 9.14. The maximum Gasteiger partial charge on any atom is 0.0714 e. The van der Waals surface area contributed by atoms with E-state index in [9.17, 15) is 0 Å². The van der Waals surface area contributed by atoms with Gasteiger partial charge in [-0.05, 0) is 130 Å². The van der Waals surface area contributed by atoms with Crippen molar-refractivity contribution >= 4 is 49.4 Å². The second-order valence-corrected chi connectivity index (χ2v) is 18.1. The predicted molar refractivity (Wildman–Crippen MR) is 275 cm³/mol. The molecule has 1 heteroatoms. The van der Waals surface area contributed by atoms with Gasteiger partial charge in [0, 0.05) is 22.5 Å². The molecule has 1 aliphatic carbocycles. The summed E-state index contributed by atoms with van der Waals surface area (Å²) in [6.45, 7) is 4.70. The van der Waals surface area contributed by atoms with Crippen LogP contribution in [0.3, 0.4) is 0 Å². The van der Waals surface area contributed by atoms with E-state index in [2.05, 4.69) is 267 Å². The molecule has 11 aromatic carbocycles. The van der Waals surface area contributed by atoms with Gasteiger partial charge in [0.05, 0.1) is 5.41 Å². The summed E-state index contributed by atoms with van der Waals surface area (Å²) in [6.07, 6.45) is 0. The lowest BCUT2D eigenvalue weighted by Gasteiger charge is -2.35. The van der Waals surface area contributed by atoms with Crippen LogP contribution >= 0.6 is 0 Å². The van der Waals surface area contributed by atoms with Gasteiger partial charge in [-0.3, -0.25) is 0 Å². The first kappa shape index (κ1) is 38.7. The lowest BCUT2D eigenvalue weighted by molar-refractivity contribution is 0.642. The number of anilines is 3. The minimum Gasteiger partial charge on any atom is -0.310 e. The number of fused-ring (bicyclic) bond motifs is 8. The van der Waals surface area contributed by atoms with Gasteiger partial charge in [0.1, 0.15) is 0 Å². The van der Waals surface area contributed by atoms with Gasteiger partial charge >= 0.3 is 0 Å². The van der Waals surface area contributed by atoms with Crippen molar-refractivity contribution < 1.29 is 0 Å². The highest BCUT2D eigenvalue weighted by Gasteiger charge is 2.47. The van der Waals surface area contributed by atoms with Gasteiger partial charge in [-0.2, -0.15) is 0 Å². The van der Waals surface area contributed by atoms with Crippen LogP contribution in [0.2, 0.25) is 0 Å². The highest BCUT2D eigenvalue weighted by molar-refractivity contribution is 6.08. The van der Waals surface area contributed by atoms with Gasteiger partial charge in [-0.15, -0.1) is 0 Å². The molecule has 12 rings (SSSR count). The van der Waals surface area contributed by atoms with Gasteiger partial charge in [0.25, 0.3) is 0 Å². The first-order valence-corrected chi connectivity index (χ1v) is 22.7. The zero-order chi connectivity index (χ0) is 43.5. The summed E-state index contributed by atoms with van der Waals surface area (Å²) in [5.74, 6) is 0. The molecule has 0 N–H and O–H groups in total. The Morgan fingerprint density at radius 1 is 0.338 bits per heavy atom. The van der Waals surface area contributed by atoms with Crippen molar-refractivity contribution in [3.8, 4) is 22.3 Å². The average molecular weight is 830 g/mol. The normalized spacial score (nSPS) is 12.9. The van der Waals surface area contributed by atoms with Gasteiger partial charge in [0.15, 0.2) is 0 Å². The molecule has 0 bridgehead atoms. The van der Waals surface area contributed by atoms with Gasteiger partial charge in [-0.1, -0.05) is 220 Å². The first-order chi connectivity index (χ1) is 32.0. The van der Waals surface area contributed by atoms with Crippen LogP contribution in [0.5, 0.6) is 0 Å². The molecule has 0 saturated carbocycles. The van der Waals surface area contributed by atoms with Crippen LogP contribution in [-0.4, -0.2) is 0 Å². The third kappa shape index (κ3) is 6.22. The smallest absolute Gasteiger partial charge is 0.0714 e. The van der Waals surface area contributed by atoms with E-state index in [1.807, 2.05) is 0 Å². The van der Waals surface area contributed by atoms with E-state index in [0.717, 1.165) is 17.1 Å². The monoisotopic (exact) mass is 829 g/mol. The van der Waals surface area contributed by atoms with Crippen molar-refractivity contribution in [2.24, 2.45) is 0 Å². The second-order valence-electron chi connectivity index (χ2n) is 18.1.